The largest absolute Gasteiger partial charge is 0.239 e. The quantitative estimate of drug-likeness (QED) is 0.669. The molecule has 76 valence electrons. The van der Waals surface area contributed by atoms with Crippen LogP contribution in [0.15, 0.2) is 24.8 Å². The summed E-state index contributed by atoms with van der Waals surface area (Å²) in [5.74, 6) is -0.512. The molecule has 0 amide bonds. The lowest BCUT2D eigenvalue weighted by molar-refractivity contribution is 0.214. The molecule has 0 aliphatic heterocycles. The van der Waals surface area contributed by atoms with Gasteiger partial charge >= 0.3 is 0 Å². The van der Waals surface area contributed by atoms with Crippen molar-refractivity contribution in [1.29, 1.82) is 0 Å². The van der Waals surface area contributed by atoms with Crippen LogP contribution in [0.2, 0.25) is 0 Å². The summed E-state index contributed by atoms with van der Waals surface area (Å²) >= 11 is 0. The van der Waals surface area contributed by atoms with Gasteiger partial charge in [-0.15, -0.1) is 0 Å². The first-order chi connectivity index (χ1) is 6.32. The molecule has 0 spiro atoms. The maximum absolute atomic E-state index is 13.6. The number of alkyl halides is 1. The van der Waals surface area contributed by atoms with Crippen molar-refractivity contribution in [3.63, 3.8) is 0 Å². The van der Waals surface area contributed by atoms with E-state index in [1.807, 2.05) is 6.92 Å². The molecule has 2 heteroatoms. The number of benzene rings is 1. The molecule has 14 heavy (non-hydrogen) atoms. The van der Waals surface area contributed by atoms with Crippen LogP contribution < -0.4 is 0 Å². The molecule has 0 fully saturated rings. The maximum Gasteiger partial charge on any atom is 0.133 e. The lowest BCUT2D eigenvalue weighted by Gasteiger charge is -2.16. The predicted molar refractivity (Wildman–Crippen MR) is 55.2 cm³/mol. The molecule has 0 bridgehead atoms. The standard InChI is InChI=1S/C12H14F2/c1-8(2)9-5-6-11(13)10(7-9)12(3,4)14/h5-7H,1H2,2-4H3. The van der Waals surface area contributed by atoms with Gasteiger partial charge in [0, 0.05) is 5.56 Å². The van der Waals surface area contributed by atoms with Crippen LogP contribution >= 0.6 is 0 Å². The molecule has 0 aliphatic carbocycles. The van der Waals surface area contributed by atoms with E-state index in [1.54, 1.807) is 6.07 Å². The molecule has 0 aromatic heterocycles. The Bertz CT molecular complexity index is 359. The average Bonchev–Trinajstić information content (AvgIpc) is 2.02. The zero-order valence-electron chi connectivity index (χ0n) is 8.70. The van der Waals surface area contributed by atoms with Gasteiger partial charge in [-0.1, -0.05) is 18.2 Å². The van der Waals surface area contributed by atoms with Crippen molar-refractivity contribution in [2.24, 2.45) is 0 Å². The third-order valence-electron chi connectivity index (χ3n) is 2.10. The van der Waals surface area contributed by atoms with Crippen molar-refractivity contribution in [3.05, 3.63) is 41.7 Å². The Morgan fingerprint density at radius 2 is 1.93 bits per heavy atom. The van der Waals surface area contributed by atoms with Crippen LogP contribution in [0.1, 0.15) is 31.9 Å². The molecule has 0 radical (unpaired) electrons. The second kappa shape index (κ2) is 3.52. The zero-order chi connectivity index (χ0) is 10.9. The van der Waals surface area contributed by atoms with Crippen LogP contribution in [-0.2, 0) is 5.67 Å². The summed E-state index contributed by atoms with van der Waals surface area (Å²) in [6.07, 6.45) is 0. The Hall–Kier alpha value is -1.18. The molecule has 0 saturated heterocycles. The van der Waals surface area contributed by atoms with E-state index < -0.39 is 11.5 Å². The van der Waals surface area contributed by atoms with Crippen molar-refractivity contribution in [1.82, 2.24) is 0 Å². The van der Waals surface area contributed by atoms with Crippen molar-refractivity contribution < 1.29 is 8.78 Å². The Morgan fingerprint density at radius 3 is 2.36 bits per heavy atom. The Balaban J connectivity index is 3.29. The van der Waals surface area contributed by atoms with Gasteiger partial charge in [0.05, 0.1) is 0 Å². The zero-order valence-corrected chi connectivity index (χ0v) is 8.70. The fourth-order valence-corrected chi connectivity index (χ4v) is 1.25. The van der Waals surface area contributed by atoms with E-state index in [0.717, 1.165) is 11.1 Å². The smallest absolute Gasteiger partial charge is 0.133 e. The lowest BCUT2D eigenvalue weighted by atomic mass is 9.95. The second-order valence-electron chi connectivity index (χ2n) is 3.95. The molecule has 0 unspecified atom stereocenters. The number of halogens is 2. The van der Waals surface area contributed by atoms with E-state index >= 15 is 0 Å². The summed E-state index contributed by atoms with van der Waals surface area (Å²) in [5.41, 5.74) is -0.00384. The minimum atomic E-state index is -1.66. The average molecular weight is 196 g/mol. The van der Waals surface area contributed by atoms with Gasteiger partial charge in [-0.3, -0.25) is 0 Å². The van der Waals surface area contributed by atoms with Gasteiger partial charge in [-0.25, -0.2) is 8.78 Å². The second-order valence-corrected chi connectivity index (χ2v) is 3.95. The molecule has 0 N–H and O–H groups in total. The third-order valence-corrected chi connectivity index (χ3v) is 2.10. The van der Waals surface area contributed by atoms with Gasteiger partial charge in [0.25, 0.3) is 0 Å². The van der Waals surface area contributed by atoms with E-state index in [2.05, 4.69) is 6.58 Å². The number of hydrogen-bond donors (Lipinski definition) is 0. The van der Waals surface area contributed by atoms with Crippen LogP contribution in [0.25, 0.3) is 5.57 Å². The van der Waals surface area contributed by atoms with Crippen LogP contribution in [0.4, 0.5) is 8.78 Å². The highest BCUT2D eigenvalue weighted by Crippen LogP contribution is 2.29. The SMILES string of the molecule is C=C(C)c1ccc(F)c(C(C)(C)F)c1. The summed E-state index contributed by atoms with van der Waals surface area (Å²) in [6, 6.07) is 4.39. The summed E-state index contributed by atoms with van der Waals surface area (Å²) in [7, 11) is 0. The molecule has 0 heterocycles. The van der Waals surface area contributed by atoms with Crippen molar-refractivity contribution >= 4 is 5.57 Å². The first-order valence-electron chi connectivity index (χ1n) is 4.47. The van der Waals surface area contributed by atoms with Crippen LogP contribution in [0.5, 0.6) is 0 Å². The molecule has 0 nitrogen and oxygen atoms in total. The Labute approximate surface area is 83.3 Å². The van der Waals surface area contributed by atoms with Crippen molar-refractivity contribution in [2.45, 2.75) is 26.4 Å². The van der Waals surface area contributed by atoms with Gasteiger partial charge in [0.2, 0.25) is 0 Å². The lowest BCUT2D eigenvalue weighted by Crippen LogP contribution is -2.12. The van der Waals surface area contributed by atoms with E-state index in [-0.39, 0.29) is 5.56 Å². The number of allylic oxidation sites excluding steroid dienone is 1. The first kappa shape index (κ1) is 10.9. The van der Waals surface area contributed by atoms with Gasteiger partial charge in [-0.2, -0.15) is 0 Å². The first-order valence-corrected chi connectivity index (χ1v) is 4.47. The van der Waals surface area contributed by atoms with E-state index in [9.17, 15) is 8.78 Å². The van der Waals surface area contributed by atoms with Crippen molar-refractivity contribution in [2.75, 3.05) is 0 Å². The van der Waals surface area contributed by atoms with Crippen molar-refractivity contribution in [3.8, 4) is 0 Å². The molecule has 1 aromatic rings. The number of rotatable bonds is 2. The molecule has 0 atom stereocenters. The maximum atomic E-state index is 13.6. The Morgan fingerprint density at radius 1 is 1.36 bits per heavy atom. The molecular formula is C12H14F2. The molecular weight excluding hydrogens is 182 g/mol. The third kappa shape index (κ3) is 2.19. The van der Waals surface area contributed by atoms with E-state index in [0.29, 0.717) is 0 Å². The number of hydrogen-bond acceptors (Lipinski definition) is 0. The normalized spacial score (nSPS) is 11.5. The van der Waals surface area contributed by atoms with Gasteiger partial charge in [0.1, 0.15) is 11.5 Å². The predicted octanol–water partition coefficient (Wildman–Crippen LogP) is 4.06. The summed E-state index contributed by atoms with van der Waals surface area (Å²) in [4.78, 5) is 0. The summed E-state index contributed by atoms with van der Waals surface area (Å²) in [6.45, 7) is 8.22. The Kier molecular flexibility index (Phi) is 2.74. The van der Waals surface area contributed by atoms with E-state index in [1.165, 1.54) is 26.0 Å². The minimum absolute atomic E-state index is 0.0815. The minimum Gasteiger partial charge on any atom is -0.239 e. The fraction of sp³-hybridized carbons (Fsp3) is 0.333. The molecule has 1 rings (SSSR count). The van der Waals surface area contributed by atoms with E-state index in [4.69, 9.17) is 0 Å². The van der Waals surface area contributed by atoms with Crippen LogP contribution in [0.3, 0.4) is 0 Å². The van der Waals surface area contributed by atoms with Gasteiger partial charge in [-0.05, 0) is 38.5 Å². The van der Waals surface area contributed by atoms with Gasteiger partial charge < -0.3 is 0 Å². The van der Waals surface area contributed by atoms with Crippen LogP contribution in [-0.4, -0.2) is 0 Å². The van der Waals surface area contributed by atoms with Crippen LogP contribution in [0, 0.1) is 5.82 Å². The molecule has 0 saturated carbocycles. The highest BCUT2D eigenvalue weighted by atomic mass is 19.1. The fourth-order valence-electron chi connectivity index (χ4n) is 1.25. The highest BCUT2D eigenvalue weighted by Gasteiger charge is 2.23. The highest BCUT2D eigenvalue weighted by molar-refractivity contribution is 5.62. The monoisotopic (exact) mass is 196 g/mol. The topological polar surface area (TPSA) is 0 Å². The molecule has 1 aromatic carbocycles. The summed E-state index contributed by atoms with van der Waals surface area (Å²) in [5, 5.41) is 0. The molecule has 0 aliphatic rings. The van der Waals surface area contributed by atoms with Gasteiger partial charge in [0.15, 0.2) is 0 Å². The summed E-state index contributed by atoms with van der Waals surface area (Å²) < 4.78 is 26.8.